The summed E-state index contributed by atoms with van der Waals surface area (Å²) >= 11 is 5.06. The predicted octanol–water partition coefficient (Wildman–Crippen LogP) is 0.633. The Labute approximate surface area is 111 Å². The second kappa shape index (κ2) is 4.89. The molecule has 1 aliphatic rings. The van der Waals surface area contributed by atoms with Gasteiger partial charge >= 0.3 is 0 Å². The van der Waals surface area contributed by atoms with Crippen LogP contribution in [0.3, 0.4) is 0 Å². The lowest BCUT2D eigenvalue weighted by Crippen LogP contribution is -2.26. The summed E-state index contributed by atoms with van der Waals surface area (Å²) in [6.07, 6.45) is 0.450. The van der Waals surface area contributed by atoms with Crippen LogP contribution in [0, 0.1) is 13.8 Å². The van der Waals surface area contributed by atoms with Gasteiger partial charge in [-0.3, -0.25) is 4.79 Å². The third kappa shape index (κ3) is 2.59. The van der Waals surface area contributed by atoms with Gasteiger partial charge in [-0.1, -0.05) is 12.2 Å². The van der Waals surface area contributed by atoms with Gasteiger partial charge in [0.25, 0.3) is 0 Å². The molecular formula is C12H16N4OS. The third-order valence-corrected chi connectivity index (χ3v) is 3.11. The van der Waals surface area contributed by atoms with Crippen molar-refractivity contribution in [3.63, 3.8) is 0 Å². The lowest BCUT2D eigenvalue weighted by atomic mass is 10.1. The maximum absolute atomic E-state index is 11.2. The Kier molecular flexibility index (Phi) is 3.47. The largest absolute Gasteiger partial charge is 0.389 e. The number of hydrogen-bond donors (Lipinski definition) is 3. The molecule has 5 nitrogen and oxygen atoms in total. The number of amides is 1. The predicted molar refractivity (Wildman–Crippen MR) is 74.6 cm³/mol. The topological polar surface area (TPSA) is 80.0 Å². The van der Waals surface area contributed by atoms with Crippen molar-refractivity contribution in [2.24, 2.45) is 5.73 Å². The second-order valence-corrected chi connectivity index (χ2v) is 4.96. The summed E-state index contributed by atoms with van der Waals surface area (Å²) in [5, 5.41) is 6.02. The van der Waals surface area contributed by atoms with Crippen molar-refractivity contribution in [3.05, 3.63) is 22.9 Å². The molecule has 0 spiro atoms. The van der Waals surface area contributed by atoms with Crippen molar-refractivity contribution < 1.29 is 4.79 Å². The minimum atomic E-state index is 0.0410. The molecule has 18 heavy (non-hydrogen) atoms. The first-order valence-corrected chi connectivity index (χ1v) is 6.19. The van der Waals surface area contributed by atoms with Crippen LogP contribution in [0.15, 0.2) is 6.07 Å². The van der Waals surface area contributed by atoms with Crippen LogP contribution in [0.1, 0.15) is 23.2 Å². The molecule has 1 saturated heterocycles. The molecule has 0 aromatic carbocycles. The Balaban J connectivity index is 2.31. The average molecular weight is 264 g/mol. The van der Waals surface area contributed by atoms with E-state index >= 15 is 0 Å². The zero-order valence-corrected chi connectivity index (χ0v) is 11.2. The molecule has 4 N–H and O–H groups in total. The van der Waals surface area contributed by atoms with Crippen LogP contribution in [0.4, 0.5) is 5.82 Å². The normalized spacial score (nSPS) is 18.6. The molecule has 1 aromatic rings. The van der Waals surface area contributed by atoms with Crippen molar-refractivity contribution in [3.8, 4) is 0 Å². The summed E-state index contributed by atoms with van der Waals surface area (Å²) in [5.41, 5.74) is 8.39. The van der Waals surface area contributed by atoms with Crippen molar-refractivity contribution in [2.45, 2.75) is 26.3 Å². The molecule has 1 fully saturated rings. The summed E-state index contributed by atoms with van der Waals surface area (Å²) in [6.45, 7) is 4.47. The number of rotatable bonds is 3. The van der Waals surface area contributed by atoms with Gasteiger partial charge in [0.15, 0.2) is 0 Å². The molecule has 1 unspecified atom stereocenters. The maximum Gasteiger partial charge on any atom is 0.222 e. The molecule has 0 bridgehead atoms. The summed E-state index contributed by atoms with van der Waals surface area (Å²) < 4.78 is 0. The van der Waals surface area contributed by atoms with E-state index in [-0.39, 0.29) is 11.9 Å². The first kappa shape index (κ1) is 12.8. The Morgan fingerprint density at radius 2 is 2.33 bits per heavy atom. The number of nitrogens with two attached hydrogens (primary N) is 1. The number of aromatic nitrogens is 1. The number of nitrogens with one attached hydrogen (secondary N) is 2. The van der Waals surface area contributed by atoms with Gasteiger partial charge in [-0.15, -0.1) is 0 Å². The third-order valence-electron chi connectivity index (χ3n) is 2.91. The number of pyridine rings is 1. The van der Waals surface area contributed by atoms with Gasteiger partial charge in [0.1, 0.15) is 10.8 Å². The Hall–Kier alpha value is -1.69. The van der Waals surface area contributed by atoms with Gasteiger partial charge < -0.3 is 16.4 Å². The van der Waals surface area contributed by atoms with Gasteiger partial charge in [-0.2, -0.15) is 0 Å². The molecule has 2 heterocycles. The van der Waals surface area contributed by atoms with Crippen molar-refractivity contribution >= 4 is 28.9 Å². The monoisotopic (exact) mass is 264 g/mol. The Bertz CT molecular complexity index is 515. The number of nitrogens with zero attached hydrogens (tertiary/aromatic N) is 1. The highest BCUT2D eigenvalue weighted by molar-refractivity contribution is 7.80. The highest BCUT2D eigenvalue weighted by atomic mass is 32.1. The standard InChI is InChI=1S/C12H16N4OS/c1-6-3-7(2)15-12(10(6)11(13)18)16-8-4-9(17)14-5-8/h3,8H,4-5H2,1-2H3,(H2,13,18)(H,14,17)(H,15,16). The minimum Gasteiger partial charge on any atom is -0.389 e. The highest BCUT2D eigenvalue weighted by Gasteiger charge is 2.23. The van der Waals surface area contributed by atoms with E-state index in [9.17, 15) is 4.79 Å². The summed E-state index contributed by atoms with van der Waals surface area (Å²) in [7, 11) is 0. The van der Waals surface area contributed by atoms with Gasteiger partial charge in [0.05, 0.1) is 11.6 Å². The van der Waals surface area contributed by atoms with E-state index in [4.69, 9.17) is 18.0 Å². The number of carbonyl (C=O) groups is 1. The Morgan fingerprint density at radius 3 is 2.89 bits per heavy atom. The summed E-state index contributed by atoms with van der Waals surface area (Å²) in [5.74, 6) is 0.718. The fraction of sp³-hybridized carbons (Fsp3) is 0.417. The summed E-state index contributed by atoms with van der Waals surface area (Å²) in [4.78, 5) is 15.9. The van der Waals surface area contributed by atoms with Crippen LogP contribution in [-0.4, -0.2) is 28.5 Å². The molecule has 1 atom stereocenters. The maximum atomic E-state index is 11.2. The molecule has 1 aromatic heterocycles. The van der Waals surface area contributed by atoms with Gasteiger partial charge in [0, 0.05) is 18.7 Å². The number of carbonyl (C=O) groups excluding carboxylic acids is 1. The molecule has 0 saturated carbocycles. The minimum absolute atomic E-state index is 0.0410. The van der Waals surface area contributed by atoms with Crippen molar-refractivity contribution in [1.29, 1.82) is 0 Å². The van der Waals surface area contributed by atoms with E-state index in [1.807, 2.05) is 19.9 Å². The molecule has 0 radical (unpaired) electrons. The van der Waals surface area contributed by atoms with Crippen molar-refractivity contribution in [2.75, 3.05) is 11.9 Å². The summed E-state index contributed by atoms with van der Waals surface area (Å²) in [6, 6.07) is 1.98. The number of anilines is 1. The van der Waals surface area contributed by atoms with Crippen LogP contribution >= 0.6 is 12.2 Å². The average Bonchev–Trinajstić information content (AvgIpc) is 2.62. The number of thiocarbonyl (C=S) groups is 1. The van der Waals surface area contributed by atoms with Gasteiger partial charge in [-0.05, 0) is 25.5 Å². The lowest BCUT2D eigenvalue weighted by Gasteiger charge is -2.17. The fourth-order valence-electron chi connectivity index (χ4n) is 2.15. The molecule has 96 valence electrons. The van der Waals surface area contributed by atoms with E-state index in [1.54, 1.807) is 0 Å². The van der Waals surface area contributed by atoms with Crippen LogP contribution in [0.2, 0.25) is 0 Å². The van der Waals surface area contributed by atoms with E-state index in [0.717, 1.165) is 16.8 Å². The number of hydrogen-bond acceptors (Lipinski definition) is 4. The van der Waals surface area contributed by atoms with E-state index in [1.165, 1.54) is 0 Å². The SMILES string of the molecule is Cc1cc(C)c(C(N)=S)c(NC2CNC(=O)C2)n1. The van der Waals surface area contributed by atoms with Crippen LogP contribution in [0.5, 0.6) is 0 Å². The Morgan fingerprint density at radius 1 is 1.61 bits per heavy atom. The quantitative estimate of drug-likeness (QED) is 0.698. The number of aryl methyl sites for hydroxylation is 2. The zero-order valence-electron chi connectivity index (χ0n) is 10.4. The molecule has 1 aliphatic heterocycles. The molecule has 6 heteroatoms. The molecule has 2 rings (SSSR count). The van der Waals surface area contributed by atoms with Gasteiger partial charge in [-0.25, -0.2) is 4.98 Å². The molecule has 0 aliphatic carbocycles. The molecule has 1 amide bonds. The van der Waals surface area contributed by atoms with Crippen LogP contribution in [0.25, 0.3) is 0 Å². The zero-order chi connectivity index (χ0) is 13.3. The first-order chi connectivity index (χ1) is 8.47. The van der Waals surface area contributed by atoms with Crippen molar-refractivity contribution in [1.82, 2.24) is 10.3 Å². The lowest BCUT2D eigenvalue weighted by molar-refractivity contribution is -0.119. The first-order valence-electron chi connectivity index (χ1n) is 5.78. The molecular weight excluding hydrogens is 248 g/mol. The fourth-order valence-corrected chi connectivity index (χ4v) is 2.41. The van der Waals surface area contributed by atoms with Crippen LogP contribution in [-0.2, 0) is 4.79 Å². The van der Waals surface area contributed by atoms with E-state index in [0.29, 0.717) is 23.8 Å². The van der Waals surface area contributed by atoms with Gasteiger partial charge in [0.2, 0.25) is 5.91 Å². The van der Waals surface area contributed by atoms with Crippen LogP contribution < -0.4 is 16.4 Å². The second-order valence-electron chi connectivity index (χ2n) is 4.52. The highest BCUT2D eigenvalue weighted by Crippen LogP contribution is 2.20. The van der Waals surface area contributed by atoms with E-state index < -0.39 is 0 Å². The smallest absolute Gasteiger partial charge is 0.222 e. The van der Waals surface area contributed by atoms with E-state index in [2.05, 4.69) is 15.6 Å².